The summed E-state index contributed by atoms with van der Waals surface area (Å²) in [5.74, 6) is -0.603. The largest absolute Gasteiger partial charge is 0.481 e. The molecule has 0 aliphatic carbocycles. The molecule has 2 aliphatic heterocycles. The maximum atomic E-state index is 11.4. The molecule has 2 fully saturated rings. The average molecular weight is 269 g/mol. The van der Waals surface area contributed by atoms with Crippen LogP contribution in [0.4, 0.5) is 0 Å². The zero-order chi connectivity index (χ0) is 13.7. The number of piperidine rings is 1. The van der Waals surface area contributed by atoms with Crippen molar-refractivity contribution in [2.45, 2.75) is 58.0 Å². The molecule has 0 saturated carbocycles. The molecule has 1 unspecified atom stereocenters. The van der Waals surface area contributed by atoms with Gasteiger partial charge in [-0.1, -0.05) is 6.92 Å². The molecule has 2 aliphatic rings. The Labute approximate surface area is 116 Å². The second kappa shape index (κ2) is 6.71. The van der Waals surface area contributed by atoms with E-state index in [1.807, 2.05) is 6.92 Å². The van der Waals surface area contributed by atoms with Gasteiger partial charge in [0.1, 0.15) is 0 Å². The lowest BCUT2D eigenvalue weighted by Crippen LogP contribution is -2.44. The van der Waals surface area contributed by atoms with E-state index in [2.05, 4.69) is 4.90 Å². The lowest BCUT2D eigenvalue weighted by molar-refractivity contribution is -0.152. The van der Waals surface area contributed by atoms with Crippen LogP contribution in [0.3, 0.4) is 0 Å². The van der Waals surface area contributed by atoms with Gasteiger partial charge in [0, 0.05) is 6.61 Å². The molecular weight excluding hydrogens is 242 g/mol. The highest BCUT2D eigenvalue weighted by molar-refractivity contribution is 5.74. The van der Waals surface area contributed by atoms with Gasteiger partial charge in [0.25, 0.3) is 0 Å². The maximum Gasteiger partial charge on any atom is 0.309 e. The normalized spacial score (nSPS) is 27.5. The summed E-state index contributed by atoms with van der Waals surface area (Å²) >= 11 is 0. The summed E-state index contributed by atoms with van der Waals surface area (Å²) in [6.45, 7) is 5.91. The van der Waals surface area contributed by atoms with Crippen molar-refractivity contribution >= 4 is 5.97 Å². The van der Waals surface area contributed by atoms with E-state index < -0.39 is 11.4 Å². The van der Waals surface area contributed by atoms with E-state index in [0.29, 0.717) is 6.10 Å². The molecule has 0 radical (unpaired) electrons. The third kappa shape index (κ3) is 3.69. The number of carbonyl (C=O) groups is 1. The van der Waals surface area contributed by atoms with Crippen molar-refractivity contribution in [3.63, 3.8) is 0 Å². The van der Waals surface area contributed by atoms with E-state index in [1.165, 1.54) is 19.3 Å². The van der Waals surface area contributed by atoms with Crippen molar-refractivity contribution in [1.82, 2.24) is 4.90 Å². The fourth-order valence-corrected chi connectivity index (χ4v) is 3.34. The number of carboxylic acids is 1. The molecule has 0 aromatic heterocycles. The summed E-state index contributed by atoms with van der Waals surface area (Å²) in [5, 5.41) is 9.36. The van der Waals surface area contributed by atoms with Gasteiger partial charge in [-0.05, 0) is 64.6 Å². The first-order chi connectivity index (χ1) is 9.16. The van der Waals surface area contributed by atoms with E-state index in [9.17, 15) is 9.90 Å². The molecule has 0 bridgehead atoms. The maximum absolute atomic E-state index is 11.4. The molecule has 1 atom stereocenters. The van der Waals surface area contributed by atoms with Crippen LogP contribution in [0.5, 0.6) is 0 Å². The highest BCUT2D eigenvalue weighted by Gasteiger charge is 2.39. The number of nitrogens with zero attached hydrogens (tertiary/aromatic N) is 1. The van der Waals surface area contributed by atoms with Crippen molar-refractivity contribution in [3.8, 4) is 0 Å². The summed E-state index contributed by atoms with van der Waals surface area (Å²) in [6.07, 6.45) is 7.62. The number of hydrogen-bond acceptors (Lipinski definition) is 3. The van der Waals surface area contributed by atoms with E-state index in [0.717, 1.165) is 51.9 Å². The lowest BCUT2D eigenvalue weighted by atomic mass is 9.76. The predicted octanol–water partition coefficient (Wildman–Crippen LogP) is 2.52. The zero-order valence-electron chi connectivity index (χ0n) is 12.1. The molecule has 0 aromatic rings. The van der Waals surface area contributed by atoms with Gasteiger partial charge in [0.05, 0.1) is 11.5 Å². The van der Waals surface area contributed by atoms with Gasteiger partial charge < -0.3 is 14.7 Å². The quantitative estimate of drug-likeness (QED) is 0.805. The molecule has 0 spiro atoms. The lowest BCUT2D eigenvalue weighted by Gasteiger charge is -2.38. The minimum Gasteiger partial charge on any atom is -0.481 e. The van der Waals surface area contributed by atoms with Gasteiger partial charge in [-0.2, -0.15) is 0 Å². The zero-order valence-corrected chi connectivity index (χ0v) is 12.1. The SMILES string of the molecule is CCC1(C(=O)O)CCN(CCCC2CCCO2)CC1. The number of ether oxygens (including phenoxy) is 1. The Bertz CT molecular complexity index is 292. The Balaban J connectivity index is 1.66. The number of hydrogen-bond donors (Lipinski definition) is 1. The molecular formula is C15H27NO3. The van der Waals surface area contributed by atoms with Gasteiger partial charge in [-0.3, -0.25) is 4.79 Å². The number of likely N-dealkylation sites (tertiary alicyclic amines) is 1. The molecule has 4 nitrogen and oxygen atoms in total. The number of rotatable bonds is 6. The van der Waals surface area contributed by atoms with E-state index in [4.69, 9.17) is 4.74 Å². The van der Waals surface area contributed by atoms with Crippen LogP contribution in [0.1, 0.15) is 51.9 Å². The fourth-order valence-electron chi connectivity index (χ4n) is 3.34. The minimum absolute atomic E-state index is 0.453. The summed E-state index contributed by atoms with van der Waals surface area (Å²) in [7, 11) is 0. The molecule has 0 aromatic carbocycles. The second-order valence-electron chi connectivity index (χ2n) is 6.06. The standard InChI is InChI=1S/C15H27NO3/c1-2-15(14(17)18)7-10-16(11-8-15)9-3-5-13-6-4-12-19-13/h13H,2-12H2,1H3,(H,17,18). The summed E-state index contributed by atoms with van der Waals surface area (Å²) in [4.78, 5) is 13.8. The van der Waals surface area contributed by atoms with Gasteiger partial charge in [0.15, 0.2) is 0 Å². The monoisotopic (exact) mass is 269 g/mol. The number of carboxylic acid groups (broad SMARTS) is 1. The summed E-state index contributed by atoms with van der Waals surface area (Å²) in [5.41, 5.74) is -0.453. The third-order valence-electron chi connectivity index (χ3n) is 4.97. The van der Waals surface area contributed by atoms with Crippen molar-refractivity contribution in [1.29, 1.82) is 0 Å². The fraction of sp³-hybridized carbons (Fsp3) is 0.933. The van der Waals surface area contributed by atoms with Crippen LogP contribution in [0, 0.1) is 5.41 Å². The van der Waals surface area contributed by atoms with Gasteiger partial charge in [-0.15, -0.1) is 0 Å². The van der Waals surface area contributed by atoms with Crippen LogP contribution in [0.25, 0.3) is 0 Å². The minimum atomic E-state index is -0.603. The van der Waals surface area contributed by atoms with Crippen molar-refractivity contribution in [2.24, 2.45) is 5.41 Å². The molecule has 2 rings (SSSR count). The smallest absolute Gasteiger partial charge is 0.309 e. The number of aliphatic carboxylic acids is 1. The second-order valence-corrected chi connectivity index (χ2v) is 6.06. The van der Waals surface area contributed by atoms with Crippen LogP contribution in [-0.4, -0.2) is 48.3 Å². The van der Waals surface area contributed by atoms with Crippen molar-refractivity contribution < 1.29 is 14.6 Å². The van der Waals surface area contributed by atoms with E-state index >= 15 is 0 Å². The summed E-state index contributed by atoms with van der Waals surface area (Å²) in [6, 6.07) is 0. The first-order valence-electron chi connectivity index (χ1n) is 7.74. The molecule has 19 heavy (non-hydrogen) atoms. The van der Waals surface area contributed by atoms with Crippen LogP contribution in [0.2, 0.25) is 0 Å². The van der Waals surface area contributed by atoms with Gasteiger partial charge in [-0.25, -0.2) is 0 Å². The highest BCUT2D eigenvalue weighted by atomic mass is 16.5. The van der Waals surface area contributed by atoms with Crippen molar-refractivity contribution in [3.05, 3.63) is 0 Å². The molecule has 4 heteroatoms. The van der Waals surface area contributed by atoms with E-state index in [1.54, 1.807) is 0 Å². The molecule has 0 amide bonds. The average Bonchev–Trinajstić information content (AvgIpc) is 2.92. The molecule has 110 valence electrons. The van der Waals surface area contributed by atoms with E-state index in [-0.39, 0.29) is 0 Å². The Morgan fingerprint density at radius 3 is 2.68 bits per heavy atom. The first-order valence-corrected chi connectivity index (χ1v) is 7.74. The predicted molar refractivity (Wildman–Crippen MR) is 74.2 cm³/mol. The topological polar surface area (TPSA) is 49.8 Å². The van der Waals surface area contributed by atoms with Gasteiger partial charge in [0.2, 0.25) is 0 Å². The third-order valence-corrected chi connectivity index (χ3v) is 4.97. The Kier molecular flexibility index (Phi) is 5.22. The van der Waals surface area contributed by atoms with Crippen molar-refractivity contribution in [2.75, 3.05) is 26.2 Å². The van der Waals surface area contributed by atoms with Crippen LogP contribution < -0.4 is 0 Å². The van der Waals surface area contributed by atoms with Crippen LogP contribution in [-0.2, 0) is 9.53 Å². The Hall–Kier alpha value is -0.610. The van der Waals surface area contributed by atoms with Gasteiger partial charge >= 0.3 is 5.97 Å². The Morgan fingerprint density at radius 2 is 2.16 bits per heavy atom. The highest BCUT2D eigenvalue weighted by Crippen LogP contribution is 2.35. The van der Waals surface area contributed by atoms with Crippen LogP contribution >= 0.6 is 0 Å². The Morgan fingerprint density at radius 1 is 1.42 bits per heavy atom. The molecule has 2 saturated heterocycles. The summed E-state index contributed by atoms with van der Waals surface area (Å²) < 4.78 is 5.63. The first kappa shape index (κ1) is 14.8. The molecule has 2 heterocycles. The molecule has 1 N–H and O–H groups in total. The van der Waals surface area contributed by atoms with Crippen LogP contribution in [0.15, 0.2) is 0 Å².